The van der Waals surface area contributed by atoms with Gasteiger partial charge in [-0.3, -0.25) is 9.48 Å². The SMILES string of the molecule is Cc1cnn(CCCNC(=O)/C=C/c2cccc(-c3ccccc3)c2)c1. The van der Waals surface area contributed by atoms with Crippen LogP contribution in [0.15, 0.2) is 73.1 Å². The van der Waals surface area contributed by atoms with Crippen molar-refractivity contribution in [2.45, 2.75) is 19.9 Å². The number of carbonyl (C=O) groups is 1. The van der Waals surface area contributed by atoms with Crippen LogP contribution in [-0.4, -0.2) is 22.2 Å². The molecular formula is C22H23N3O. The minimum atomic E-state index is -0.0771. The van der Waals surface area contributed by atoms with E-state index in [4.69, 9.17) is 0 Å². The summed E-state index contributed by atoms with van der Waals surface area (Å²) in [6.45, 7) is 3.45. The molecule has 26 heavy (non-hydrogen) atoms. The Bertz CT molecular complexity index is 881. The first-order chi connectivity index (χ1) is 12.7. The number of carbonyl (C=O) groups excluding carboxylic acids is 1. The topological polar surface area (TPSA) is 46.9 Å². The van der Waals surface area contributed by atoms with Gasteiger partial charge in [0.05, 0.1) is 6.20 Å². The summed E-state index contributed by atoms with van der Waals surface area (Å²) >= 11 is 0. The molecule has 0 spiro atoms. The van der Waals surface area contributed by atoms with Crippen LogP contribution >= 0.6 is 0 Å². The summed E-state index contributed by atoms with van der Waals surface area (Å²) in [7, 11) is 0. The number of nitrogens with zero attached hydrogens (tertiary/aromatic N) is 2. The highest BCUT2D eigenvalue weighted by atomic mass is 16.1. The Morgan fingerprint density at radius 3 is 2.69 bits per heavy atom. The first-order valence-corrected chi connectivity index (χ1v) is 8.81. The summed E-state index contributed by atoms with van der Waals surface area (Å²) in [4.78, 5) is 12.0. The van der Waals surface area contributed by atoms with Crippen molar-refractivity contribution in [3.8, 4) is 11.1 Å². The second kappa shape index (κ2) is 8.81. The summed E-state index contributed by atoms with van der Waals surface area (Å²) < 4.78 is 1.90. The number of nitrogens with one attached hydrogen (secondary N) is 1. The monoisotopic (exact) mass is 345 g/mol. The van der Waals surface area contributed by atoms with Crippen LogP contribution in [-0.2, 0) is 11.3 Å². The minimum absolute atomic E-state index is 0.0771. The van der Waals surface area contributed by atoms with Crippen molar-refractivity contribution in [3.63, 3.8) is 0 Å². The minimum Gasteiger partial charge on any atom is -0.352 e. The van der Waals surface area contributed by atoms with E-state index in [1.54, 1.807) is 6.08 Å². The number of aryl methyl sites for hydroxylation is 2. The maximum Gasteiger partial charge on any atom is 0.244 e. The van der Waals surface area contributed by atoms with E-state index in [2.05, 4.69) is 34.7 Å². The summed E-state index contributed by atoms with van der Waals surface area (Å²) in [5.41, 5.74) is 4.46. The van der Waals surface area contributed by atoms with Crippen molar-refractivity contribution < 1.29 is 4.79 Å². The van der Waals surface area contributed by atoms with Crippen LogP contribution in [0, 0.1) is 6.92 Å². The second-order valence-electron chi connectivity index (χ2n) is 6.25. The van der Waals surface area contributed by atoms with E-state index < -0.39 is 0 Å². The molecular weight excluding hydrogens is 322 g/mol. The molecule has 0 fully saturated rings. The molecule has 0 saturated carbocycles. The Kier molecular flexibility index (Phi) is 5.99. The third-order valence-electron chi connectivity index (χ3n) is 4.05. The molecule has 4 heteroatoms. The molecule has 1 N–H and O–H groups in total. The van der Waals surface area contributed by atoms with Crippen molar-refractivity contribution in [3.05, 3.63) is 84.2 Å². The highest BCUT2D eigenvalue weighted by Crippen LogP contribution is 2.20. The van der Waals surface area contributed by atoms with Crippen molar-refractivity contribution in [1.29, 1.82) is 0 Å². The fourth-order valence-electron chi connectivity index (χ4n) is 2.73. The second-order valence-corrected chi connectivity index (χ2v) is 6.25. The van der Waals surface area contributed by atoms with Crippen molar-refractivity contribution in [1.82, 2.24) is 15.1 Å². The van der Waals surface area contributed by atoms with Crippen LogP contribution in [0.1, 0.15) is 17.5 Å². The molecule has 4 nitrogen and oxygen atoms in total. The van der Waals surface area contributed by atoms with Gasteiger partial charge in [-0.15, -0.1) is 0 Å². The van der Waals surface area contributed by atoms with E-state index in [0.717, 1.165) is 29.7 Å². The Hall–Kier alpha value is -3.14. The molecule has 3 aromatic rings. The average Bonchev–Trinajstić information content (AvgIpc) is 3.10. The number of amides is 1. The molecule has 0 bridgehead atoms. The van der Waals surface area contributed by atoms with E-state index in [1.807, 2.05) is 60.4 Å². The van der Waals surface area contributed by atoms with Crippen LogP contribution in [0.4, 0.5) is 0 Å². The van der Waals surface area contributed by atoms with Crippen LogP contribution in [0.5, 0.6) is 0 Å². The number of hydrogen-bond donors (Lipinski definition) is 1. The molecule has 1 aromatic heterocycles. The first kappa shape index (κ1) is 17.7. The van der Waals surface area contributed by atoms with Crippen LogP contribution < -0.4 is 5.32 Å². The summed E-state index contributed by atoms with van der Waals surface area (Å²) in [6.07, 6.45) is 8.12. The zero-order valence-electron chi connectivity index (χ0n) is 14.9. The first-order valence-electron chi connectivity index (χ1n) is 8.81. The highest BCUT2D eigenvalue weighted by Gasteiger charge is 1.99. The number of hydrogen-bond acceptors (Lipinski definition) is 2. The molecule has 0 atom stereocenters. The molecule has 0 aliphatic carbocycles. The summed E-state index contributed by atoms with van der Waals surface area (Å²) in [6, 6.07) is 18.4. The molecule has 0 unspecified atom stereocenters. The quantitative estimate of drug-likeness (QED) is 0.518. The maximum atomic E-state index is 12.0. The molecule has 0 aliphatic heterocycles. The smallest absolute Gasteiger partial charge is 0.244 e. The van der Waals surface area contributed by atoms with Crippen LogP contribution in [0.25, 0.3) is 17.2 Å². The van der Waals surface area contributed by atoms with E-state index in [-0.39, 0.29) is 5.91 Å². The lowest BCUT2D eigenvalue weighted by molar-refractivity contribution is -0.116. The molecule has 132 valence electrons. The molecule has 0 radical (unpaired) electrons. The average molecular weight is 345 g/mol. The number of benzene rings is 2. The molecule has 1 heterocycles. The van der Waals surface area contributed by atoms with Gasteiger partial charge in [0.1, 0.15) is 0 Å². The Labute approximate surface area is 154 Å². The zero-order valence-corrected chi connectivity index (χ0v) is 14.9. The lowest BCUT2D eigenvalue weighted by Gasteiger charge is -2.04. The largest absolute Gasteiger partial charge is 0.352 e. The normalized spacial score (nSPS) is 11.0. The molecule has 1 amide bonds. The Balaban J connectivity index is 1.49. The fraction of sp³-hybridized carbons (Fsp3) is 0.182. The van der Waals surface area contributed by atoms with E-state index in [0.29, 0.717) is 6.54 Å². The Morgan fingerprint density at radius 1 is 1.12 bits per heavy atom. The molecule has 3 rings (SSSR count). The summed E-state index contributed by atoms with van der Waals surface area (Å²) in [5.74, 6) is -0.0771. The van der Waals surface area contributed by atoms with Gasteiger partial charge >= 0.3 is 0 Å². The number of aromatic nitrogens is 2. The predicted molar refractivity (Wildman–Crippen MR) is 106 cm³/mol. The fourth-order valence-corrected chi connectivity index (χ4v) is 2.73. The third-order valence-corrected chi connectivity index (χ3v) is 4.05. The van der Waals surface area contributed by atoms with Gasteiger partial charge in [0, 0.05) is 25.4 Å². The zero-order chi connectivity index (χ0) is 18.2. The standard InChI is InChI=1S/C22H23N3O/c1-18-16-24-25(17-18)14-6-13-23-22(26)12-11-19-7-5-10-21(15-19)20-8-3-2-4-9-20/h2-5,7-12,15-17H,6,13-14H2,1H3,(H,23,26)/b12-11+. The van der Waals surface area contributed by atoms with Crippen LogP contribution in [0.2, 0.25) is 0 Å². The molecule has 0 aliphatic rings. The van der Waals surface area contributed by atoms with Gasteiger partial charge in [-0.2, -0.15) is 5.10 Å². The highest BCUT2D eigenvalue weighted by molar-refractivity contribution is 5.91. The van der Waals surface area contributed by atoms with E-state index in [9.17, 15) is 4.79 Å². The van der Waals surface area contributed by atoms with Gasteiger partial charge in [-0.05, 0) is 47.7 Å². The predicted octanol–water partition coefficient (Wildman–Crippen LogP) is 4.08. The van der Waals surface area contributed by atoms with Crippen molar-refractivity contribution >= 4 is 12.0 Å². The van der Waals surface area contributed by atoms with Gasteiger partial charge in [0.15, 0.2) is 0 Å². The van der Waals surface area contributed by atoms with Gasteiger partial charge in [-0.1, -0.05) is 48.5 Å². The Morgan fingerprint density at radius 2 is 1.92 bits per heavy atom. The lowest BCUT2D eigenvalue weighted by Crippen LogP contribution is -2.23. The molecule has 2 aromatic carbocycles. The van der Waals surface area contributed by atoms with Crippen molar-refractivity contribution in [2.24, 2.45) is 0 Å². The maximum absolute atomic E-state index is 12.0. The third kappa shape index (κ3) is 5.18. The van der Waals surface area contributed by atoms with Crippen molar-refractivity contribution in [2.75, 3.05) is 6.54 Å². The van der Waals surface area contributed by atoms with E-state index >= 15 is 0 Å². The molecule has 0 saturated heterocycles. The summed E-state index contributed by atoms with van der Waals surface area (Å²) in [5, 5.41) is 7.14. The van der Waals surface area contributed by atoms with Gasteiger partial charge in [-0.25, -0.2) is 0 Å². The van der Waals surface area contributed by atoms with Gasteiger partial charge in [0.2, 0.25) is 5.91 Å². The van der Waals surface area contributed by atoms with E-state index in [1.165, 1.54) is 5.56 Å². The van der Waals surface area contributed by atoms with Gasteiger partial charge in [0.25, 0.3) is 0 Å². The number of rotatable bonds is 7. The van der Waals surface area contributed by atoms with Gasteiger partial charge < -0.3 is 5.32 Å². The van der Waals surface area contributed by atoms with Crippen LogP contribution in [0.3, 0.4) is 0 Å². The lowest BCUT2D eigenvalue weighted by atomic mass is 10.0.